The van der Waals surface area contributed by atoms with Gasteiger partial charge < -0.3 is 25.0 Å². The largest absolute Gasteiger partial charge is 0.453 e. The van der Waals surface area contributed by atoms with Crippen LogP contribution in [0.4, 0.5) is 9.18 Å². The fourth-order valence-corrected chi connectivity index (χ4v) is 4.30. The van der Waals surface area contributed by atoms with Crippen LogP contribution in [0.5, 0.6) is 0 Å². The van der Waals surface area contributed by atoms with Crippen molar-refractivity contribution in [1.82, 2.24) is 25.3 Å². The highest BCUT2D eigenvalue weighted by Gasteiger charge is 2.41. The first-order valence-electron chi connectivity index (χ1n) is 11.8. The lowest BCUT2D eigenvalue weighted by molar-refractivity contribution is -0.148. The van der Waals surface area contributed by atoms with Crippen molar-refractivity contribution in [2.75, 3.05) is 33.4 Å². The molecule has 0 unspecified atom stereocenters. The Kier molecular flexibility index (Phi) is 7.79. The molecule has 2 amide bonds. The van der Waals surface area contributed by atoms with E-state index < -0.39 is 24.1 Å². The molecule has 184 valence electrons. The van der Waals surface area contributed by atoms with Crippen LogP contribution in [0.3, 0.4) is 0 Å². The Morgan fingerprint density at radius 1 is 1.35 bits per heavy atom. The molecule has 1 aliphatic carbocycles. The van der Waals surface area contributed by atoms with Crippen LogP contribution in [0.15, 0.2) is 30.3 Å². The summed E-state index contributed by atoms with van der Waals surface area (Å²) in [5.74, 6) is -0.546. The molecule has 34 heavy (non-hydrogen) atoms. The molecule has 2 fully saturated rings. The van der Waals surface area contributed by atoms with Gasteiger partial charge >= 0.3 is 6.09 Å². The predicted octanol–water partition coefficient (Wildman–Crippen LogP) is 2.34. The van der Waals surface area contributed by atoms with E-state index in [1.807, 2.05) is 37.3 Å². The number of nitrogens with one attached hydrogen (secondary N) is 2. The fraction of sp³-hybridized carbons (Fsp3) is 0.542. The lowest BCUT2D eigenvalue weighted by Gasteiger charge is -2.33. The molecule has 2 atom stereocenters. The summed E-state index contributed by atoms with van der Waals surface area (Å²) in [5, 5.41) is 10.5. The number of nitrogens with zero attached hydrogens (tertiary/aromatic N) is 3. The number of para-hydroxylation sites is 1. The molecule has 0 radical (unpaired) electrons. The average molecular weight is 474 g/mol. The Balaban J connectivity index is 1.60. The van der Waals surface area contributed by atoms with Crippen molar-refractivity contribution in [2.45, 2.75) is 50.8 Å². The van der Waals surface area contributed by atoms with Crippen LogP contribution in [0.25, 0.3) is 5.69 Å². The number of carbonyl (C=O) groups excluding carboxylic acids is 2. The number of alkyl carbamates (subject to hydrolysis) is 1. The number of benzene rings is 1. The maximum absolute atomic E-state index is 15.9. The van der Waals surface area contributed by atoms with Gasteiger partial charge in [-0.05, 0) is 44.7 Å². The van der Waals surface area contributed by atoms with E-state index >= 15 is 4.39 Å². The highest BCUT2D eigenvalue weighted by molar-refractivity contribution is 5.82. The van der Waals surface area contributed by atoms with Crippen molar-refractivity contribution in [3.8, 4) is 5.69 Å². The smallest absolute Gasteiger partial charge is 0.406 e. The van der Waals surface area contributed by atoms with Gasteiger partial charge in [-0.3, -0.25) is 4.79 Å². The Labute approximate surface area is 198 Å². The molecule has 1 aromatic heterocycles. The number of rotatable bonds is 9. The summed E-state index contributed by atoms with van der Waals surface area (Å²) in [4.78, 5) is 26.4. The maximum atomic E-state index is 15.9. The highest BCUT2D eigenvalue weighted by Crippen LogP contribution is 2.36. The number of ether oxygens (including phenoxy) is 2. The Bertz CT molecular complexity index is 989. The highest BCUT2D eigenvalue weighted by atomic mass is 19.1. The van der Waals surface area contributed by atoms with Gasteiger partial charge in [-0.15, -0.1) is 0 Å². The third-order valence-electron chi connectivity index (χ3n) is 6.20. The van der Waals surface area contributed by atoms with E-state index in [2.05, 4.69) is 20.5 Å². The van der Waals surface area contributed by atoms with Crippen LogP contribution in [0.2, 0.25) is 0 Å². The first-order valence-corrected chi connectivity index (χ1v) is 11.8. The first kappa shape index (κ1) is 24.2. The van der Waals surface area contributed by atoms with Crippen LogP contribution >= 0.6 is 0 Å². The zero-order valence-electron chi connectivity index (χ0n) is 19.6. The van der Waals surface area contributed by atoms with Gasteiger partial charge in [-0.1, -0.05) is 18.2 Å². The number of methoxy groups -OCH3 is 1. The minimum absolute atomic E-state index is 0.0713. The molecule has 1 aromatic carbocycles. The van der Waals surface area contributed by atoms with Crippen LogP contribution in [0.1, 0.15) is 43.6 Å². The average Bonchev–Trinajstić information content (AvgIpc) is 3.65. The quantitative estimate of drug-likeness (QED) is 0.543. The van der Waals surface area contributed by atoms with Crippen molar-refractivity contribution in [2.24, 2.45) is 0 Å². The summed E-state index contributed by atoms with van der Waals surface area (Å²) >= 11 is 0. The maximum Gasteiger partial charge on any atom is 0.406 e. The van der Waals surface area contributed by atoms with Gasteiger partial charge in [0.1, 0.15) is 11.8 Å². The Hall–Kier alpha value is -2.98. The molecule has 0 spiro atoms. The first-order chi connectivity index (χ1) is 16.5. The Morgan fingerprint density at radius 2 is 2.12 bits per heavy atom. The number of hydrogen-bond donors (Lipinski definition) is 2. The number of hydrogen-bond acceptors (Lipinski definition) is 6. The molecule has 2 heterocycles. The fourth-order valence-electron chi connectivity index (χ4n) is 4.30. The van der Waals surface area contributed by atoms with Crippen LogP contribution in [0, 0.1) is 5.82 Å². The number of morpholine rings is 1. The normalized spacial score (nSPS) is 18.9. The standard InChI is InChI=1S/C24H32FN5O4/c1-16(29(17-10-11-17)23(31)20-15-26-13-14-34-20)22-21(25)19(9-6-12-27-24(32)33-2)30(28-22)18-7-4-3-5-8-18/h3-5,7-8,16-17,20,26H,6,9-15H2,1-2H3,(H,27,32)/t16-,20-/m1/s1. The molecule has 2 aliphatic rings. The molecule has 2 aromatic rings. The van der Waals surface area contributed by atoms with Crippen molar-refractivity contribution in [3.63, 3.8) is 0 Å². The summed E-state index contributed by atoms with van der Waals surface area (Å²) in [6.45, 7) is 3.82. The lowest BCUT2D eigenvalue weighted by atomic mass is 10.1. The molecule has 1 saturated carbocycles. The van der Waals surface area contributed by atoms with Gasteiger partial charge in [-0.25, -0.2) is 13.9 Å². The topological polar surface area (TPSA) is 97.7 Å². The summed E-state index contributed by atoms with van der Waals surface area (Å²) in [6.07, 6.45) is 1.55. The van der Waals surface area contributed by atoms with Crippen LogP contribution in [-0.4, -0.2) is 72.2 Å². The van der Waals surface area contributed by atoms with Crippen LogP contribution in [-0.2, 0) is 20.7 Å². The van der Waals surface area contributed by atoms with Gasteiger partial charge in [0.25, 0.3) is 5.91 Å². The zero-order valence-corrected chi connectivity index (χ0v) is 19.6. The Morgan fingerprint density at radius 3 is 2.76 bits per heavy atom. The van der Waals surface area contributed by atoms with Gasteiger partial charge in [0.15, 0.2) is 5.82 Å². The molecular weight excluding hydrogens is 441 g/mol. The molecule has 1 aliphatic heterocycles. The SMILES string of the molecule is COC(=O)NCCCc1c(F)c([C@@H](C)N(C(=O)[C@H]2CNCCO2)C2CC2)nn1-c1ccccc1. The van der Waals surface area contributed by atoms with E-state index in [4.69, 9.17) is 4.74 Å². The van der Waals surface area contributed by atoms with Gasteiger partial charge in [0.2, 0.25) is 0 Å². The third kappa shape index (κ3) is 5.39. The van der Waals surface area contributed by atoms with Crippen molar-refractivity contribution >= 4 is 12.0 Å². The van der Waals surface area contributed by atoms with E-state index in [1.165, 1.54) is 7.11 Å². The second-order valence-corrected chi connectivity index (χ2v) is 8.63. The van der Waals surface area contributed by atoms with E-state index in [0.717, 1.165) is 18.5 Å². The van der Waals surface area contributed by atoms with E-state index in [0.29, 0.717) is 44.8 Å². The minimum atomic E-state index is -0.570. The summed E-state index contributed by atoms with van der Waals surface area (Å²) in [5.41, 5.74) is 1.39. The predicted molar refractivity (Wildman–Crippen MR) is 123 cm³/mol. The molecule has 0 bridgehead atoms. The number of amides is 2. The second kappa shape index (κ2) is 11.0. The van der Waals surface area contributed by atoms with Gasteiger partial charge in [0.05, 0.1) is 31.1 Å². The molecule has 4 rings (SSSR count). The monoisotopic (exact) mass is 473 g/mol. The van der Waals surface area contributed by atoms with E-state index in [-0.39, 0.29) is 17.6 Å². The summed E-state index contributed by atoms with van der Waals surface area (Å²) in [6, 6.07) is 8.88. The molecule has 1 saturated heterocycles. The molecule has 10 heteroatoms. The number of halogens is 1. The van der Waals surface area contributed by atoms with Crippen molar-refractivity contribution < 1.29 is 23.5 Å². The van der Waals surface area contributed by atoms with E-state index in [9.17, 15) is 9.59 Å². The van der Waals surface area contributed by atoms with Crippen molar-refractivity contribution in [3.05, 3.63) is 47.5 Å². The number of carbonyl (C=O) groups is 2. The van der Waals surface area contributed by atoms with Gasteiger partial charge in [0, 0.05) is 25.7 Å². The summed E-state index contributed by atoms with van der Waals surface area (Å²) in [7, 11) is 1.30. The lowest BCUT2D eigenvalue weighted by Crippen LogP contribution is -2.50. The van der Waals surface area contributed by atoms with Crippen LogP contribution < -0.4 is 10.6 Å². The zero-order chi connectivity index (χ0) is 24.1. The van der Waals surface area contributed by atoms with Gasteiger partial charge in [-0.2, -0.15) is 5.10 Å². The number of aromatic nitrogens is 2. The second-order valence-electron chi connectivity index (χ2n) is 8.63. The summed E-state index contributed by atoms with van der Waals surface area (Å²) < 4.78 is 27.7. The minimum Gasteiger partial charge on any atom is -0.453 e. The molecule has 9 nitrogen and oxygen atoms in total. The van der Waals surface area contributed by atoms with Crippen molar-refractivity contribution in [1.29, 1.82) is 0 Å². The third-order valence-corrected chi connectivity index (χ3v) is 6.20. The molecule has 2 N–H and O–H groups in total. The molecular formula is C24H32FN5O4. The van der Waals surface area contributed by atoms with E-state index in [1.54, 1.807) is 9.58 Å².